The van der Waals surface area contributed by atoms with Gasteiger partial charge in [0, 0.05) is 24.2 Å². The SMILES string of the molecule is Cc1ccccc1-c1nc(N[S+]([O-])c2cccc(NC3CCCNC3)n2)ccc1C(F)(F)F. The second-order valence-electron chi connectivity index (χ2n) is 7.82. The fraction of sp³-hybridized carbons (Fsp3) is 0.304. The third-order valence-corrected chi connectivity index (χ3v) is 6.36. The number of aryl methyl sites for hydroxylation is 1. The van der Waals surface area contributed by atoms with E-state index in [9.17, 15) is 17.7 Å². The maximum absolute atomic E-state index is 13.6. The first-order valence-corrected chi connectivity index (χ1v) is 11.7. The molecule has 0 saturated carbocycles. The van der Waals surface area contributed by atoms with Crippen molar-refractivity contribution in [3.05, 3.63) is 65.7 Å². The van der Waals surface area contributed by atoms with Crippen molar-refractivity contribution in [2.24, 2.45) is 0 Å². The molecule has 6 nitrogen and oxygen atoms in total. The van der Waals surface area contributed by atoms with Crippen molar-refractivity contribution in [3.63, 3.8) is 0 Å². The Bertz CT molecular complexity index is 1110. The standard InChI is InChI=1S/C23H24F3N5OS/c1-15-6-2-3-8-17(15)22-18(23(24,25)26)11-12-20(30-22)31-33(32)21-10-4-9-19(29-21)28-16-7-5-13-27-14-16/h2-4,6,8-12,16,27H,5,7,13-14H2,1H3,(H,28,29)(H,30,31). The van der Waals surface area contributed by atoms with Crippen LogP contribution in [-0.2, 0) is 17.5 Å². The summed E-state index contributed by atoms with van der Waals surface area (Å²) in [6, 6.07) is 14.2. The van der Waals surface area contributed by atoms with Gasteiger partial charge in [-0.15, -0.1) is 0 Å². The molecule has 4 rings (SSSR count). The molecule has 0 aliphatic carbocycles. The van der Waals surface area contributed by atoms with Crippen LogP contribution in [0.3, 0.4) is 0 Å². The van der Waals surface area contributed by atoms with Crippen molar-refractivity contribution >= 4 is 23.0 Å². The van der Waals surface area contributed by atoms with Crippen LogP contribution in [0.5, 0.6) is 0 Å². The van der Waals surface area contributed by atoms with Gasteiger partial charge in [-0.1, -0.05) is 30.3 Å². The highest BCUT2D eigenvalue weighted by molar-refractivity contribution is 7.92. The zero-order valence-electron chi connectivity index (χ0n) is 17.9. The van der Waals surface area contributed by atoms with E-state index in [1.54, 1.807) is 49.4 Å². The Morgan fingerprint density at radius 2 is 1.85 bits per heavy atom. The number of aromatic nitrogens is 2. The summed E-state index contributed by atoms with van der Waals surface area (Å²) in [6.07, 6.45) is -2.50. The lowest BCUT2D eigenvalue weighted by atomic mass is 10.0. The Morgan fingerprint density at radius 3 is 2.58 bits per heavy atom. The van der Waals surface area contributed by atoms with Gasteiger partial charge in [-0.3, -0.25) is 0 Å². The summed E-state index contributed by atoms with van der Waals surface area (Å²) in [5.41, 5.74) is -0.0367. The van der Waals surface area contributed by atoms with Crippen LogP contribution in [0.1, 0.15) is 24.0 Å². The predicted molar refractivity (Wildman–Crippen MR) is 123 cm³/mol. The lowest BCUT2D eigenvalue weighted by Crippen LogP contribution is -2.38. The number of anilines is 2. The van der Waals surface area contributed by atoms with Crippen molar-refractivity contribution in [1.82, 2.24) is 15.3 Å². The zero-order valence-corrected chi connectivity index (χ0v) is 18.8. The monoisotopic (exact) mass is 475 g/mol. The Hall–Kier alpha value is -2.82. The van der Waals surface area contributed by atoms with Gasteiger partial charge < -0.3 is 15.2 Å². The van der Waals surface area contributed by atoms with E-state index in [-0.39, 0.29) is 22.6 Å². The van der Waals surface area contributed by atoms with Gasteiger partial charge in [0.25, 0.3) is 5.03 Å². The van der Waals surface area contributed by atoms with Gasteiger partial charge in [0.05, 0.1) is 11.3 Å². The van der Waals surface area contributed by atoms with E-state index in [2.05, 4.69) is 25.3 Å². The summed E-state index contributed by atoms with van der Waals surface area (Å²) in [5, 5.41) is 6.89. The normalized spacial score (nSPS) is 17.4. The second kappa shape index (κ2) is 9.98. The fourth-order valence-electron chi connectivity index (χ4n) is 3.72. The first-order chi connectivity index (χ1) is 15.8. The van der Waals surface area contributed by atoms with E-state index in [1.807, 2.05) is 0 Å². The molecule has 2 unspecified atom stereocenters. The number of nitrogens with zero attached hydrogens (tertiary/aromatic N) is 2. The summed E-state index contributed by atoms with van der Waals surface area (Å²) in [5.74, 6) is 0.661. The molecular formula is C23H24F3N5OS. The highest BCUT2D eigenvalue weighted by Gasteiger charge is 2.35. The third kappa shape index (κ3) is 5.76. The molecule has 0 spiro atoms. The molecule has 3 N–H and O–H groups in total. The maximum atomic E-state index is 13.6. The molecular weight excluding hydrogens is 451 g/mol. The Morgan fingerprint density at radius 1 is 1.03 bits per heavy atom. The van der Waals surface area contributed by atoms with Crippen LogP contribution in [0.15, 0.2) is 59.6 Å². The van der Waals surface area contributed by atoms with Crippen LogP contribution in [-0.4, -0.2) is 33.7 Å². The van der Waals surface area contributed by atoms with Gasteiger partial charge >= 0.3 is 6.18 Å². The predicted octanol–water partition coefficient (Wildman–Crippen LogP) is 4.77. The number of benzene rings is 1. The van der Waals surface area contributed by atoms with Gasteiger partial charge in [-0.2, -0.15) is 22.9 Å². The molecule has 3 heterocycles. The van der Waals surface area contributed by atoms with Crippen LogP contribution >= 0.6 is 0 Å². The zero-order chi connectivity index (χ0) is 23.4. The smallest absolute Gasteiger partial charge is 0.418 e. The van der Waals surface area contributed by atoms with Gasteiger partial charge in [0.1, 0.15) is 17.2 Å². The van der Waals surface area contributed by atoms with Crippen LogP contribution in [0.2, 0.25) is 0 Å². The molecule has 0 bridgehead atoms. The molecule has 2 aromatic heterocycles. The third-order valence-electron chi connectivity index (χ3n) is 5.36. The van der Waals surface area contributed by atoms with Gasteiger partial charge in [-0.05, 0) is 50.1 Å². The van der Waals surface area contributed by atoms with E-state index < -0.39 is 23.1 Å². The van der Waals surface area contributed by atoms with Crippen LogP contribution in [0.25, 0.3) is 11.3 Å². The van der Waals surface area contributed by atoms with Crippen molar-refractivity contribution in [2.75, 3.05) is 23.1 Å². The van der Waals surface area contributed by atoms with E-state index in [1.165, 1.54) is 6.07 Å². The molecule has 174 valence electrons. The minimum absolute atomic E-state index is 0.0660. The maximum Gasteiger partial charge on any atom is 0.418 e. The summed E-state index contributed by atoms with van der Waals surface area (Å²) in [7, 11) is 0. The van der Waals surface area contributed by atoms with Crippen LogP contribution < -0.4 is 15.4 Å². The molecule has 3 aromatic rings. The first-order valence-electron chi connectivity index (χ1n) is 10.6. The highest BCUT2D eigenvalue weighted by atomic mass is 32.2. The van der Waals surface area contributed by atoms with E-state index in [0.29, 0.717) is 16.9 Å². The molecule has 2 atom stereocenters. The molecule has 1 saturated heterocycles. The number of alkyl halides is 3. The van der Waals surface area contributed by atoms with E-state index in [0.717, 1.165) is 32.0 Å². The molecule has 1 aliphatic heterocycles. The van der Waals surface area contributed by atoms with Crippen molar-refractivity contribution in [2.45, 2.75) is 37.0 Å². The number of pyridine rings is 2. The largest absolute Gasteiger partial charge is 0.587 e. The van der Waals surface area contributed by atoms with Gasteiger partial charge in [0.15, 0.2) is 5.82 Å². The van der Waals surface area contributed by atoms with Crippen molar-refractivity contribution < 1.29 is 17.7 Å². The first kappa shape index (κ1) is 23.3. The minimum atomic E-state index is -4.57. The van der Waals surface area contributed by atoms with Crippen LogP contribution in [0.4, 0.5) is 24.8 Å². The van der Waals surface area contributed by atoms with Crippen LogP contribution in [0, 0.1) is 6.92 Å². The van der Waals surface area contributed by atoms with E-state index in [4.69, 9.17) is 0 Å². The lowest BCUT2D eigenvalue weighted by Gasteiger charge is -2.24. The summed E-state index contributed by atoms with van der Waals surface area (Å²) < 4.78 is 56.4. The molecule has 33 heavy (non-hydrogen) atoms. The Balaban J connectivity index is 1.57. The minimum Gasteiger partial charge on any atom is -0.587 e. The van der Waals surface area contributed by atoms with Crippen molar-refractivity contribution in [3.8, 4) is 11.3 Å². The fourth-order valence-corrected chi connectivity index (χ4v) is 4.51. The topological polar surface area (TPSA) is 84.9 Å². The lowest BCUT2D eigenvalue weighted by molar-refractivity contribution is -0.137. The number of hydrogen-bond donors (Lipinski definition) is 3. The van der Waals surface area contributed by atoms with Crippen molar-refractivity contribution in [1.29, 1.82) is 0 Å². The second-order valence-corrected chi connectivity index (χ2v) is 8.98. The molecule has 0 radical (unpaired) electrons. The summed E-state index contributed by atoms with van der Waals surface area (Å²) in [6.45, 7) is 3.54. The summed E-state index contributed by atoms with van der Waals surface area (Å²) in [4.78, 5) is 8.58. The number of halogens is 3. The number of rotatable bonds is 6. The molecule has 1 fully saturated rings. The van der Waals surface area contributed by atoms with Gasteiger partial charge in [0.2, 0.25) is 0 Å². The molecule has 10 heteroatoms. The highest BCUT2D eigenvalue weighted by Crippen LogP contribution is 2.38. The van der Waals surface area contributed by atoms with E-state index >= 15 is 0 Å². The molecule has 1 aliphatic rings. The average Bonchev–Trinajstić information content (AvgIpc) is 2.79. The molecule has 0 amide bonds. The number of piperidine rings is 1. The number of nitrogens with one attached hydrogen (secondary N) is 3. The quantitative estimate of drug-likeness (QED) is 0.446. The number of hydrogen-bond acceptors (Lipinski definition) is 6. The average molecular weight is 476 g/mol. The summed E-state index contributed by atoms with van der Waals surface area (Å²) >= 11 is -1.81. The molecule has 1 aromatic carbocycles. The van der Waals surface area contributed by atoms with Gasteiger partial charge in [-0.25, -0.2) is 4.98 Å². The Kier molecular flexibility index (Phi) is 7.06. The Labute approximate surface area is 193 Å².